The van der Waals surface area contributed by atoms with Crippen LogP contribution in [0, 0.1) is 49.1 Å². The summed E-state index contributed by atoms with van der Waals surface area (Å²) in [5.74, 6) is 1.48. The number of nitrogens with zero attached hydrogens (tertiary/aromatic N) is 4. The van der Waals surface area contributed by atoms with Gasteiger partial charge in [0.2, 0.25) is 0 Å². The molecule has 284 valence electrons. The first-order chi connectivity index (χ1) is 24.9. The first-order valence-corrected chi connectivity index (χ1v) is 19.2. The summed E-state index contributed by atoms with van der Waals surface area (Å²) >= 11 is 0. The number of hydrogen-bond donors (Lipinski definition) is 2. The predicted octanol–water partition coefficient (Wildman–Crippen LogP) is 6.31. The van der Waals surface area contributed by atoms with Crippen LogP contribution in [0.25, 0.3) is 0 Å². The summed E-state index contributed by atoms with van der Waals surface area (Å²) in [5.41, 5.74) is 6.62. The molecule has 2 heterocycles. The van der Waals surface area contributed by atoms with Gasteiger partial charge in [-0.25, -0.2) is 9.69 Å². The van der Waals surface area contributed by atoms with E-state index in [0.717, 1.165) is 16.7 Å². The minimum absolute atomic E-state index is 0. The average molecular weight is 771 g/mol. The first-order valence-electron chi connectivity index (χ1n) is 17.4. The van der Waals surface area contributed by atoms with E-state index < -0.39 is 37.6 Å². The largest absolute Gasteiger partial charge is 0.497 e. The Morgan fingerprint density at radius 2 is 1.51 bits per heavy atom. The summed E-state index contributed by atoms with van der Waals surface area (Å²) in [4.78, 5) is 29.3. The van der Waals surface area contributed by atoms with Crippen LogP contribution in [0.3, 0.4) is 0 Å². The van der Waals surface area contributed by atoms with Crippen molar-refractivity contribution in [3.63, 3.8) is 0 Å². The van der Waals surface area contributed by atoms with Gasteiger partial charge in [-0.15, -0.1) is 4.67 Å². The number of nitrogen functional groups attached to an aromatic ring is 1. The van der Waals surface area contributed by atoms with Gasteiger partial charge < -0.3 is 24.7 Å². The topological polar surface area (TPSA) is 154 Å². The van der Waals surface area contributed by atoms with Gasteiger partial charge in [-0.3, -0.25) is 4.57 Å². The van der Waals surface area contributed by atoms with Crippen LogP contribution in [0.4, 0.5) is 5.82 Å². The summed E-state index contributed by atoms with van der Waals surface area (Å²) in [7, 11) is -0.124. The number of hydrogen-bond acceptors (Lipinski definition) is 11. The molecule has 3 N–H and O–H groups in total. The molecular weight excluding hydrogens is 721 g/mol. The number of nitriles is 1. The number of anilines is 1. The summed E-state index contributed by atoms with van der Waals surface area (Å²) in [5, 5.41) is 9.58. The molecule has 0 bridgehead atoms. The van der Waals surface area contributed by atoms with Crippen molar-refractivity contribution in [3.8, 4) is 17.6 Å². The van der Waals surface area contributed by atoms with Crippen LogP contribution >= 0.6 is 7.87 Å². The number of nitrogens with two attached hydrogens (primary N) is 1. The Morgan fingerprint density at radius 1 is 0.962 bits per heavy atom. The number of ether oxygens (including phenoxy) is 4. The molecule has 1 saturated heterocycles. The molecule has 0 spiro atoms. The Hall–Kier alpha value is -3.08. The quantitative estimate of drug-likeness (QED) is 0.0973. The number of benzene rings is 3. The standard InChI is InChI=1S/C39H48N5O7P.Ar/c1-27(2)44(28(3)4)52(46,24-10-22-40)51-34-25-37(43-23-21-36(41)42-38(43)45)50-35(34)26-49-39(29-11-8-7-9-12-29,30-13-17-32(47-5)18-14-30)31-15-19-33(48-6)20-16-31;/h7-9,11-21,23,27-28,34-35,37,46H,10,24-26H2,1-6H3,(H-,41,42,45);/p+1/t34-,35+,37+,52?;/m0./s1. The van der Waals surface area contributed by atoms with Gasteiger partial charge in [0.25, 0.3) is 0 Å². The Balaban J connectivity index is 0.00000627. The summed E-state index contributed by atoms with van der Waals surface area (Å²) in [6, 6.07) is 28.9. The number of methoxy groups -OCH3 is 2. The van der Waals surface area contributed by atoms with Crippen LogP contribution in [0.1, 0.15) is 63.5 Å². The molecular formula is C39H49ArN5O7P+. The average Bonchev–Trinajstić information content (AvgIpc) is 3.52. The Kier molecular flexibility index (Phi) is 15.3. The van der Waals surface area contributed by atoms with Crippen molar-refractivity contribution in [2.24, 2.45) is 0 Å². The van der Waals surface area contributed by atoms with E-state index in [-0.39, 0.29) is 81.3 Å². The van der Waals surface area contributed by atoms with Crippen LogP contribution in [0.15, 0.2) is 95.9 Å². The zero-order chi connectivity index (χ0) is 37.5. The fourth-order valence-electron chi connectivity index (χ4n) is 7.01. The summed E-state index contributed by atoms with van der Waals surface area (Å²) < 4.78 is 34.9. The van der Waals surface area contributed by atoms with Crippen LogP contribution in [-0.4, -0.2) is 70.4 Å². The van der Waals surface area contributed by atoms with Gasteiger partial charge in [0.1, 0.15) is 47.5 Å². The van der Waals surface area contributed by atoms with Gasteiger partial charge in [0.05, 0.1) is 33.3 Å². The first kappa shape index (κ1) is 42.7. The second-order valence-electron chi connectivity index (χ2n) is 13.2. The van der Waals surface area contributed by atoms with E-state index in [1.807, 2.05) is 111 Å². The summed E-state index contributed by atoms with van der Waals surface area (Å²) in [6.45, 7) is 7.96. The van der Waals surface area contributed by atoms with Crippen molar-refractivity contribution >= 4 is 13.7 Å². The van der Waals surface area contributed by atoms with Gasteiger partial charge in [-0.1, -0.05) is 54.6 Å². The number of aromatic nitrogens is 2. The molecule has 12 nitrogen and oxygen atoms in total. The van der Waals surface area contributed by atoms with Gasteiger partial charge in [-0.05, 0) is 74.7 Å². The van der Waals surface area contributed by atoms with Crippen molar-refractivity contribution in [1.82, 2.24) is 14.2 Å². The van der Waals surface area contributed by atoms with Crippen molar-refractivity contribution in [3.05, 3.63) is 118 Å². The van der Waals surface area contributed by atoms with E-state index in [1.165, 1.54) is 10.6 Å². The van der Waals surface area contributed by atoms with Gasteiger partial charge >= 0.3 is 13.6 Å². The molecule has 14 heteroatoms. The van der Waals surface area contributed by atoms with Gasteiger partial charge in [-0.2, -0.15) is 14.8 Å². The third-order valence-corrected chi connectivity index (χ3v) is 12.3. The van der Waals surface area contributed by atoms with Crippen LogP contribution in [0.2, 0.25) is 0 Å². The molecule has 1 unspecified atom stereocenters. The second-order valence-corrected chi connectivity index (χ2v) is 15.7. The molecule has 5 rings (SSSR count). The molecule has 1 aliphatic rings. The minimum atomic E-state index is -3.36. The number of rotatable bonds is 16. The van der Waals surface area contributed by atoms with Gasteiger partial charge in [0, 0.05) is 62.4 Å². The zero-order valence-electron chi connectivity index (χ0n) is 30.9. The van der Waals surface area contributed by atoms with E-state index in [4.69, 9.17) is 29.2 Å². The van der Waals surface area contributed by atoms with Crippen molar-refractivity contribution in [1.29, 1.82) is 5.26 Å². The third kappa shape index (κ3) is 9.60. The minimum Gasteiger partial charge on any atom is -0.497 e. The normalized spacial score (nSPS) is 18.4. The third-order valence-electron chi connectivity index (χ3n) is 9.22. The molecule has 0 amide bonds. The summed E-state index contributed by atoms with van der Waals surface area (Å²) in [6.07, 6.45) is -0.278. The van der Waals surface area contributed by atoms with E-state index in [1.54, 1.807) is 20.4 Å². The maximum atomic E-state index is 13.0. The van der Waals surface area contributed by atoms with E-state index in [2.05, 4.69) is 11.1 Å². The maximum absolute atomic E-state index is 13.0. The molecule has 0 radical (unpaired) electrons. The fraction of sp³-hybridized carbons (Fsp3) is 0.410. The fourth-order valence-corrected chi connectivity index (χ4v) is 9.95. The van der Waals surface area contributed by atoms with Crippen LogP contribution in [-0.2, 0) is 19.6 Å². The van der Waals surface area contributed by atoms with Crippen molar-refractivity contribution in [2.45, 2.75) is 76.7 Å². The Labute approximate surface area is 342 Å². The van der Waals surface area contributed by atoms with Gasteiger partial charge in [0.15, 0.2) is 0 Å². The zero-order valence-corrected chi connectivity index (χ0v) is 32.5. The van der Waals surface area contributed by atoms with Crippen molar-refractivity contribution in [2.75, 3.05) is 32.7 Å². The molecule has 53 heavy (non-hydrogen) atoms. The Bertz CT molecular complexity index is 1800. The molecule has 1 aromatic heterocycles. The molecule has 1 aliphatic heterocycles. The SMILES string of the molecule is COc1ccc(C(OC[C@H]2O[C@@H](n3ccc(N)nc3=O)C[C@@H]2O[P+](O)(CCC#N)N(C(C)C)C(C)C)(c2ccccc2)c2ccc(OC)cc2)cc1.[Ar]. The predicted molar refractivity (Wildman–Crippen MR) is 201 cm³/mol. The van der Waals surface area contributed by atoms with Crippen LogP contribution < -0.4 is 20.9 Å². The molecule has 3 aromatic carbocycles. The van der Waals surface area contributed by atoms with E-state index in [0.29, 0.717) is 11.5 Å². The molecule has 1 fully saturated rings. The molecule has 4 aromatic rings. The van der Waals surface area contributed by atoms with E-state index in [9.17, 15) is 14.9 Å². The van der Waals surface area contributed by atoms with Crippen LogP contribution in [0.5, 0.6) is 11.5 Å². The Morgan fingerprint density at radius 3 is 2.00 bits per heavy atom. The van der Waals surface area contributed by atoms with Crippen molar-refractivity contribution < 1.29 is 66.1 Å². The van der Waals surface area contributed by atoms with E-state index >= 15 is 0 Å². The molecule has 4 atom stereocenters. The molecule has 0 aliphatic carbocycles. The monoisotopic (exact) mass is 770 g/mol. The second kappa shape index (κ2) is 19.0. The molecule has 0 saturated carbocycles. The smallest absolute Gasteiger partial charge is 0.351 e. The maximum Gasteiger partial charge on any atom is 0.351 e.